The number of ether oxygens (including phenoxy) is 1. The fraction of sp³-hybridized carbons (Fsp3) is 0.368. The third-order valence-corrected chi connectivity index (χ3v) is 5.10. The van der Waals surface area contributed by atoms with E-state index in [2.05, 4.69) is 20.4 Å². The Morgan fingerprint density at radius 2 is 2.14 bits per heavy atom. The number of aryl methyl sites for hydroxylation is 1. The molecular weight excluding hydrogens is 362 g/mol. The van der Waals surface area contributed by atoms with Crippen LogP contribution in [0.3, 0.4) is 0 Å². The number of aromatic nitrogens is 4. The number of hydrogen-bond acceptors (Lipinski definition) is 6. The van der Waals surface area contributed by atoms with Crippen LogP contribution in [0, 0.1) is 12.8 Å². The van der Waals surface area contributed by atoms with Crippen molar-refractivity contribution in [3.8, 4) is 5.75 Å². The highest BCUT2D eigenvalue weighted by Crippen LogP contribution is 2.38. The number of rotatable bonds is 5. The number of aromatic amines is 1. The van der Waals surface area contributed by atoms with Crippen LogP contribution in [0.25, 0.3) is 5.65 Å². The molecule has 9 heteroatoms. The second-order valence-electron chi connectivity index (χ2n) is 7.10. The van der Waals surface area contributed by atoms with E-state index in [-0.39, 0.29) is 17.6 Å². The Bertz CT molecular complexity index is 1080. The predicted molar refractivity (Wildman–Crippen MR) is 100 cm³/mol. The molecule has 0 aromatic carbocycles. The maximum absolute atomic E-state index is 12.9. The quantitative estimate of drug-likeness (QED) is 0.604. The van der Waals surface area contributed by atoms with Gasteiger partial charge in [0.25, 0.3) is 11.5 Å². The van der Waals surface area contributed by atoms with Crippen LogP contribution >= 0.6 is 0 Å². The molecule has 146 valence electrons. The molecule has 3 heterocycles. The smallest absolute Gasteiger partial charge is 0.285 e. The zero-order valence-electron chi connectivity index (χ0n) is 15.5. The molecule has 0 saturated heterocycles. The molecule has 3 N–H and O–H groups in total. The van der Waals surface area contributed by atoms with Crippen molar-refractivity contribution in [2.24, 2.45) is 5.92 Å². The van der Waals surface area contributed by atoms with Gasteiger partial charge in [0.15, 0.2) is 5.65 Å². The predicted octanol–water partition coefficient (Wildman–Crippen LogP) is 0.977. The molecule has 1 saturated carbocycles. The number of hydrogen-bond donors (Lipinski definition) is 3. The number of methoxy groups -OCH3 is 1. The van der Waals surface area contributed by atoms with Crippen molar-refractivity contribution in [3.05, 3.63) is 57.9 Å². The molecule has 9 nitrogen and oxygen atoms in total. The summed E-state index contributed by atoms with van der Waals surface area (Å²) in [6.07, 6.45) is 5.27. The maximum atomic E-state index is 12.9. The SMILES string of the molecule is COc1cncc(C(NC(=O)c2cnc3cc(C)[nH]n3c2=O)C2CC(O)C2)c1. The van der Waals surface area contributed by atoms with Crippen molar-refractivity contribution >= 4 is 11.6 Å². The first-order chi connectivity index (χ1) is 13.5. The lowest BCUT2D eigenvalue weighted by atomic mass is 9.75. The van der Waals surface area contributed by atoms with Crippen molar-refractivity contribution in [1.29, 1.82) is 0 Å². The van der Waals surface area contributed by atoms with Crippen LogP contribution in [0.5, 0.6) is 5.75 Å². The van der Waals surface area contributed by atoms with Crippen LogP contribution in [0.2, 0.25) is 0 Å². The number of aliphatic hydroxyl groups excluding tert-OH is 1. The molecule has 1 aliphatic carbocycles. The van der Waals surface area contributed by atoms with Crippen LogP contribution < -0.4 is 15.6 Å². The monoisotopic (exact) mass is 383 g/mol. The Kier molecular flexibility index (Phi) is 4.60. The van der Waals surface area contributed by atoms with E-state index in [9.17, 15) is 14.7 Å². The van der Waals surface area contributed by atoms with Gasteiger partial charge in [0, 0.05) is 24.2 Å². The molecule has 1 fully saturated rings. The van der Waals surface area contributed by atoms with Gasteiger partial charge in [-0.05, 0) is 37.3 Å². The molecule has 3 aromatic heterocycles. The molecule has 3 aromatic rings. The van der Waals surface area contributed by atoms with Gasteiger partial charge in [-0.15, -0.1) is 0 Å². The van der Waals surface area contributed by atoms with E-state index in [4.69, 9.17) is 4.74 Å². The molecule has 0 radical (unpaired) electrons. The fourth-order valence-corrected chi connectivity index (χ4v) is 3.55. The summed E-state index contributed by atoms with van der Waals surface area (Å²) in [7, 11) is 1.54. The average Bonchev–Trinajstić information content (AvgIpc) is 3.05. The van der Waals surface area contributed by atoms with Crippen molar-refractivity contribution in [1.82, 2.24) is 24.9 Å². The lowest BCUT2D eigenvalue weighted by Crippen LogP contribution is -2.42. The van der Waals surface area contributed by atoms with Crippen LogP contribution in [0.1, 0.15) is 40.5 Å². The van der Waals surface area contributed by atoms with Crippen molar-refractivity contribution in [3.63, 3.8) is 0 Å². The van der Waals surface area contributed by atoms with Gasteiger partial charge in [0.05, 0.1) is 25.5 Å². The minimum atomic E-state index is -0.520. The standard InChI is InChI=1S/C19H21N5O4/c1-10-3-16-21-9-15(19(27)24(16)23-10)18(26)22-17(11-4-13(25)5-11)12-6-14(28-2)8-20-7-12/h3,6-9,11,13,17,23,25H,4-5H2,1-2H3,(H,22,26). The highest BCUT2D eigenvalue weighted by molar-refractivity contribution is 5.94. The van der Waals surface area contributed by atoms with Gasteiger partial charge < -0.3 is 15.2 Å². The largest absolute Gasteiger partial charge is 0.495 e. The fourth-order valence-electron chi connectivity index (χ4n) is 3.55. The summed E-state index contributed by atoms with van der Waals surface area (Å²) in [4.78, 5) is 33.9. The van der Waals surface area contributed by atoms with Gasteiger partial charge >= 0.3 is 0 Å². The Hall–Kier alpha value is -3.20. The van der Waals surface area contributed by atoms with Crippen LogP contribution in [-0.2, 0) is 0 Å². The molecule has 28 heavy (non-hydrogen) atoms. The van der Waals surface area contributed by atoms with E-state index in [1.807, 2.05) is 6.92 Å². The summed E-state index contributed by atoms with van der Waals surface area (Å²) in [5.41, 5.74) is 1.46. The molecule has 0 aliphatic heterocycles. The normalized spacial score (nSPS) is 19.8. The second kappa shape index (κ2) is 7.08. The third kappa shape index (κ3) is 3.24. The number of amides is 1. The van der Waals surface area contributed by atoms with Crippen molar-refractivity contribution in [2.45, 2.75) is 31.9 Å². The van der Waals surface area contributed by atoms with E-state index < -0.39 is 17.5 Å². The van der Waals surface area contributed by atoms with E-state index in [0.717, 1.165) is 11.3 Å². The molecule has 1 unspecified atom stereocenters. The minimum absolute atomic E-state index is 0.0417. The zero-order chi connectivity index (χ0) is 19.8. The third-order valence-electron chi connectivity index (χ3n) is 5.10. The van der Waals surface area contributed by atoms with Gasteiger partial charge in [-0.25, -0.2) is 9.50 Å². The molecule has 1 amide bonds. The van der Waals surface area contributed by atoms with Gasteiger partial charge in [-0.3, -0.25) is 19.7 Å². The van der Waals surface area contributed by atoms with Crippen LogP contribution in [0.15, 0.2) is 35.5 Å². The summed E-state index contributed by atoms with van der Waals surface area (Å²) >= 11 is 0. The Morgan fingerprint density at radius 1 is 1.36 bits per heavy atom. The van der Waals surface area contributed by atoms with E-state index in [0.29, 0.717) is 24.2 Å². The van der Waals surface area contributed by atoms with E-state index in [1.165, 1.54) is 10.7 Å². The number of nitrogens with zero attached hydrogens (tertiary/aromatic N) is 3. The highest BCUT2D eigenvalue weighted by Gasteiger charge is 2.36. The topological polar surface area (TPSA) is 122 Å². The Labute approximate surface area is 160 Å². The first-order valence-corrected chi connectivity index (χ1v) is 9.01. The summed E-state index contributed by atoms with van der Waals surface area (Å²) in [5, 5.41) is 15.5. The van der Waals surface area contributed by atoms with Gasteiger partial charge in [0.2, 0.25) is 0 Å². The zero-order valence-corrected chi connectivity index (χ0v) is 15.5. The highest BCUT2D eigenvalue weighted by atomic mass is 16.5. The molecule has 4 rings (SSSR count). The Morgan fingerprint density at radius 3 is 2.86 bits per heavy atom. The van der Waals surface area contributed by atoms with Gasteiger partial charge in [-0.2, -0.15) is 0 Å². The summed E-state index contributed by atoms with van der Waals surface area (Å²) in [6, 6.07) is 3.12. The maximum Gasteiger partial charge on any atom is 0.285 e. The summed E-state index contributed by atoms with van der Waals surface area (Å²) < 4.78 is 6.47. The van der Waals surface area contributed by atoms with E-state index in [1.54, 1.807) is 31.6 Å². The molecule has 1 aliphatic rings. The second-order valence-corrected chi connectivity index (χ2v) is 7.10. The number of H-pyrrole nitrogens is 1. The van der Waals surface area contributed by atoms with Gasteiger partial charge in [-0.1, -0.05) is 0 Å². The van der Waals surface area contributed by atoms with Gasteiger partial charge in [0.1, 0.15) is 11.3 Å². The number of fused-ring (bicyclic) bond motifs is 1. The first kappa shape index (κ1) is 18.2. The van der Waals surface area contributed by atoms with Crippen LogP contribution in [-0.4, -0.2) is 43.8 Å². The number of nitrogens with one attached hydrogen (secondary N) is 2. The van der Waals surface area contributed by atoms with E-state index >= 15 is 0 Å². The van der Waals surface area contributed by atoms with Crippen molar-refractivity contribution in [2.75, 3.05) is 7.11 Å². The summed E-state index contributed by atoms with van der Waals surface area (Å²) in [6.45, 7) is 1.81. The minimum Gasteiger partial charge on any atom is -0.495 e. The number of carbonyl (C=O) groups is 1. The number of carbonyl (C=O) groups excluding carboxylic acids is 1. The van der Waals surface area contributed by atoms with Crippen LogP contribution in [0.4, 0.5) is 0 Å². The summed E-state index contributed by atoms with van der Waals surface area (Å²) in [5.74, 6) is 0.0926. The lowest BCUT2D eigenvalue weighted by Gasteiger charge is -2.38. The molecule has 0 bridgehead atoms. The number of aliphatic hydroxyl groups is 1. The lowest BCUT2D eigenvalue weighted by molar-refractivity contribution is 0.0234. The average molecular weight is 383 g/mol. The first-order valence-electron chi connectivity index (χ1n) is 9.01. The molecule has 1 atom stereocenters. The van der Waals surface area contributed by atoms with Crippen molar-refractivity contribution < 1.29 is 14.6 Å². The Balaban J connectivity index is 1.65. The molecule has 0 spiro atoms. The number of pyridine rings is 1. The molecular formula is C19H21N5O4.